The number of likely N-dealkylation sites (N-methyl/N-ethyl adjacent to an activating group) is 1. The fraction of sp³-hybridized carbons (Fsp3) is 0.632. The fourth-order valence-corrected chi connectivity index (χ4v) is 3.02. The smallest absolute Gasteiger partial charge is 0.241 e. The molecule has 2 atom stereocenters. The van der Waals surface area contributed by atoms with Gasteiger partial charge in [-0.3, -0.25) is 10.1 Å². The largest absolute Gasteiger partial charge is 0.494 e. The Morgan fingerprint density at radius 1 is 1.22 bits per heavy atom. The van der Waals surface area contributed by atoms with E-state index in [9.17, 15) is 4.79 Å². The molecule has 0 spiro atoms. The molecule has 0 bridgehead atoms. The summed E-state index contributed by atoms with van der Waals surface area (Å²) >= 11 is 0. The van der Waals surface area contributed by atoms with E-state index in [4.69, 9.17) is 4.74 Å². The van der Waals surface area contributed by atoms with Crippen LogP contribution in [-0.4, -0.2) is 36.7 Å². The Bertz CT molecular complexity index is 519. The summed E-state index contributed by atoms with van der Waals surface area (Å²) in [5, 5.41) is 3.48. The van der Waals surface area contributed by atoms with Gasteiger partial charge in [0.05, 0.1) is 18.8 Å². The number of carbonyl (C=O) groups is 1. The number of ether oxygens (including phenoxy) is 1. The second-order valence-electron chi connectivity index (χ2n) is 7.49. The topological polar surface area (TPSA) is 41.6 Å². The van der Waals surface area contributed by atoms with E-state index in [2.05, 4.69) is 45.1 Å². The third-order valence-corrected chi connectivity index (χ3v) is 4.34. The Balaban J connectivity index is 1.95. The van der Waals surface area contributed by atoms with Crippen molar-refractivity contribution in [2.75, 3.05) is 13.7 Å². The van der Waals surface area contributed by atoms with Crippen molar-refractivity contribution >= 4 is 5.91 Å². The molecule has 1 amide bonds. The Morgan fingerprint density at radius 3 is 2.39 bits per heavy atom. The molecule has 0 saturated carbocycles. The molecule has 1 heterocycles. The van der Waals surface area contributed by atoms with Crippen LogP contribution in [0.5, 0.6) is 5.75 Å². The zero-order valence-electron chi connectivity index (χ0n) is 15.1. The number of carbonyl (C=O) groups excluding carboxylic acids is 1. The molecule has 2 rings (SSSR count). The number of rotatable bonds is 6. The molecular weight excluding hydrogens is 288 g/mol. The molecular formula is C19H30N2O2. The Labute approximate surface area is 140 Å². The number of amides is 1. The highest BCUT2D eigenvalue weighted by Crippen LogP contribution is 2.27. The summed E-state index contributed by atoms with van der Waals surface area (Å²) < 4.78 is 5.68. The van der Waals surface area contributed by atoms with Gasteiger partial charge in [-0.25, -0.2) is 0 Å². The Kier molecular flexibility index (Phi) is 5.69. The van der Waals surface area contributed by atoms with Crippen molar-refractivity contribution in [2.45, 2.75) is 59.2 Å². The molecule has 0 aliphatic carbocycles. The molecule has 0 radical (unpaired) electrons. The van der Waals surface area contributed by atoms with Crippen molar-refractivity contribution in [1.82, 2.24) is 10.2 Å². The Hall–Kier alpha value is -1.55. The molecule has 1 aromatic carbocycles. The number of nitrogens with one attached hydrogen (secondary N) is 1. The molecule has 4 nitrogen and oxygen atoms in total. The lowest BCUT2D eigenvalue weighted by Gasteiger charge is -2.32. The van der Waals surface area contributed by atoms with E-state index in [0.29, 0.717) is 6.42 Å². The van der Waals surface area contributed by atoms with Crippen molar-refractivity contribution in [3.8, 4) is 5.75 Å². The lowest BCUT2D eigenvalue weighted by Crippen LogP contribution is -2.45. The minimum atomic E-state index is -0.143. The maximum atomic E-state index is 12.4. The first-order valence-electron chi connectivity index (χ1n) is 8.57. The highest BCUT2D eigenvalue weighted by Gasteiger charge is 2.42. The van der Waals surface area contributed by atoms with Gasteiger partial charge in [-0.15, -0.1) is 0 Å². The molecule has 1 aliphatic rings. The van der Waals surface area contributed by atoms with Crippen molar-refractivity contribution < 1.29 is 9.53 Å². The van der Waals surface area contributed by atoms with Gasteiger partial charge in [-0.2, -0.15) is 0 Å². The summed E-state index contributed by atoms with van der Waals surface area (Å²) in [5.41, 5.74) is 1.18. The second-order valence-corrected chi connectivity index (χ2v) is 7.49. The van der Waals surface area contributed by atoms with Crippen LogP contribution >= 0.6 is 0 Å². The zero-order chi connectivity index (χ0) is 17.0. The average Bonchev–Trinajstić information content (AvgIpc) is 2.78. The normalized spacial score (nSPS) is 21.8. The fourth-order valence-electron chi connectivity index (χ4n) is 3.02. The minimum absolute atomic E-state index is 0.0239. The summed E-state index contributed by atoms with van der Waals surface area (Å²) in [6.45, 7) is 9.37. The van der Waals surface area contributed by atoms with Crippen LogP contribution in [0.4, 0.5) is 0 Å². The van der Waals surface area contributed by atoms with E-state index in [0.717, 1.165) is 30.8 Å². The first kappa shape index (κ1) is 17.8. The van der Waals surface area contributed by atoms with Gasteiger partial charge in [0, 0.05) is 7.05 Å². The van der Waals surface area contributed by atoms with Crippen LogP contribution in [0, 0.1) is 5.41 Å². The third-order valence-electron chi connectivity index (χ3n) is 4.34. The van der Waals surface area contributed by atoms with Gasteiger partial charge in [0.2, 0.25) is 5.91 Å². The minimum Gasteiger partial charge on any atom is -0.494 e. The first-order chi connectivity index (χ1) is 10.8. The molecule has 128 valence electrons. The molecule has 1 aromatic rings. The van der Waals surface area contributed by atoms with Crippen LogP contribution in [0.2, 0.25) is 0 Å². The highest BCUT2D eigenvalue weighted by molar-refractivity contribution is 5.84. The average molecular weight is 318 g/mol. The monoisotopic (exact) mass is 318 g/mol. The summed E-state index contributed by atoms with van der Waals surface area (Å²) in [4.78, 5) is 14.3. The summed E-state index contributed by atoms with van der Waals surface area (Å²) in [5.74, 6) is 1.07. The van der Waals surface area contributed by atoms with E-state index in [1.807, 2.05) is 24.1 Å². The van der Waals surface area contributed by atoms with Gasteiger partial charge in [-0.05, 0) is 36.0 Å². The standard InChI is InChI=1S/C19H30N2O2/c1-6-7-12-23-15-10-8-14(9-11-15)13-16-17(22)21(5)18(20-16)19(2,3)4/h8-11,16,18,20H,6-7,12-13H2,1-5H3. The molecule has 1 N–H and O–H groups in total. The number of hydrogen-bond donors (Lipinski definition) is 1. The third kappa shape index (κ3) is 4.47. The van der Waals surface area contributed by atoms with Crippen molar-refractivity contribution in [2.24, 2.45) is 5.41 Å². The van der Waals surface area contributed by atoms with E-state index < -0.39 is 0 Å². The van der Waals surface area contributed by atoms with Crippen LogP contribution in [0.3, 0.4) is 0 Å². The SMILES string of the molecule is CCCCOc1ccc(CC2NC(C(C)(C)C)N(C)C2=O)cc1. The maximum absolute atomic E-state index is 12.4. The second kappa shape index (κ2) is 7.35. The highest BCUT2D eigenvalue weighted by atomic mass is 16.5. The van der Waals surface area contributed by atoms with E-state index in [-0.39, 0.29) is 23.5 Å². The van der Waals surface area contributed by atoms with E-state index in [1.165, 1.54) is 0 Å². The van der Waals surface area contributed by atoms with Crippen LogP contribution in [0.15, 0.2) is 24.3 Å². The van der Waals surface area contributed by atoms with E-state index >= 15 is 0 Å². The molecule has 1 aliphatic heterocycles. The van der Waals surface area contributed by atoms with Gasteiger partial charge in [-0.1, -0.05) is 46.2 Å². The van der Waals surface area contributed by atoms with Crippen molar-refractivity contribution in [1.29, 1.82) is 0 Å². The molecule has 1 saturated heterocycles. The first-order valence-corrected chi connectivity index (χ1v) is 8.57. The summed E-state index contributed by atoms with van der Waals surface area (Å²) in [6, 6.07) is 7.96. The number of benzene rings is 1. The Morgan fingerprint density at radius 2 is 1.87 bits per heavy atom. The van der Waals surface area contributed by atoms with Gasteiger partial charge in [0.25, 0.3) is 0 Å². The van der Waals surface area contributed by atoms with Gasteiger partial charge in [0.15, 0.2) is 0 Å². The van der Waals surface area contributed by atoms with Crippen LogP contribution in [-0.2, 0) is 11.2 Å². The molecule has 4 heteroatoms. The van der Waals surface area contributed by atoms with Crippen LogP contribution < -0.4 is 10.1 Å². The summed E-state index contributed by atoms with van der Waals surface area (Å²) in [6.07, 6.45) is 3.00. The quantitative estimate of drug-likeness (QED) is 0.819. The number of nitrogens with zero attached hydrogens (tertiary/aromatic N) is 1. The van der Waals surface area contributed by atoms with Gasteiger partial charge < -0.3 is 9.64 Å². The van der Waals surface area contributed by atoms with E-state index in [1.54, 1.807) is 0 Å². The maximum Gasteiger partial charge on any atom is 0.241 e. The van der Waals surface area contributed by atoms with Crippen LogP contribution in [0.25, 0.3) is 0 Å². The lowest BCUT2D eigenvalue weighted by molar-refractivity contribution is -0.129. The molecule has 1 fully saturated rings. The molecule has 23 heavy (non-hydrogen) atoms. The predicted molar refractivity (Wildman–Crippen MR) is 93.5 cm³/mol. The number of unbranched alkanes of at least 4 members (excludes halogenated alkanes) is 1. The van der Waals surface area contributed by atoms with Crippen molar-refractivity contribution in [3.63, 3.8) is 0 Å². The van der Waals surface area contributed by atoms with Gasteiger partial charge in [0.1, 0.15) is 5.75 Å². The van der Waals surface area contributed by atoms with Crippen molar-refractivity contribution in [3.05, 3.63) is 29.8 Å². The summed E-state index contributed by atoms with van der Waals surface area (Å²) in [7, 11) is 1.88. The van der Waals surface area contributed by atoms with Crippen LogP contribution in [0.1, 0.15) is 46.1 Å². The predicted octanol–water partition coefficient (Wildman–Crippen LogP) is 3.21. The molecule has 0 aromatic heterocycles. The van der Waals surface area contributed by atoms with Gasteiger partial charge >= 0.3 is 0 Å². The zero-order valence-corrected chi connectivity index (χ0v) is 15.1. The number of hydrogen-bond acceptors (Lipinski definition) is 3. The molecule has 2 unspecified atom stereocenters. The lowest BCUT2D eigenvalue weighted by atomic mass is 9.92.